The molecule has 1 aliphatic heterocycles. The highest BCUT2D eigenvalue weighted by Gasteiger charge is 2.41. The molecule has 1 atom stereocenters. The minimum absolute atomic E-state index is 0.0409. The SMILES string of the molecule is Cc1cccc(NC(=O)CC2C(=O)Nc3ccccc3S2(=O)=O)c1C. The molecule has 1 unspecified atom stereocenters. The molecule has 7 heteroatoms. The van der Waals surface area contributed by atoms with E-state index in [2.05, 4.69) is 10.6 Å². The van der Waals surface area contributed by atoms with Gasteiger partial charge in [-0.2, -0.15) is 0 Å². The molecule has 2 aromatic carbocycles. The van der Waals surface area contributed by atoms with Crippen molar-refractivity contribution < 1.29 is 18.0 Å². The van der Waals surface area contributed by atoms with Crippen molar-refractivity contribution in [2.24, 2.45) is 0 Å². The number of fused-ring (bicyclic) bond motifs is 1. The summed E-state index contributed by atoms with van der Waals surface area (Å²) in [5.74, 6) is -1.20. The van der Waals surface area contributed by atoms with E-state index < -0.39 is 33.3 Å². The first-order chi connectivity index (χ1) is 11.8. The molecule has 1 aliphatic rings. The molecule has 0 spiro atoms. The summed E-state index contributed by atoms with van der Waals surface area (Å²) < 4.78 is 25.4. The Morgan fingerprint density at radius 1 is 1.12 bits per heavy atom. The minimum atomic E-state index is -3.91. The van der Waals surface area contributed by atoms with E-state index in [4.69, 9.17) is 0 Å². The van der Waals surface area contributed by atoms with E-state index in [9.17, 15) is 18.0 Å². The lowest BCUT2D eigenvalue weighted by atomic mass is 10.1. The zero-order valence-corrected chi connectivity index (χ0v) is 14.7. The van der Waals surface area contributed by atoms with Crippen molar-refractivity contribution in [3.8, 4) is 0 Å². The van der Waals surface area contributed by atoms with Gasteiger partial charge >= 0.3 is 0 Å². The number of hydrogen-bond acceptors (Lipinski definition) is 4. The van der Waals surface area contributed by atoms with Crippen LogP contribution in [-0.4, -0.2) is 25.5 Å². The summed E-state index contributed by atoms with van der Waals surface area (Å²) in [5, 5.41) is 3.82. The van der Waals surface area contributed by atoms with E-state index in [1.54, 1.807) is 24.3 Å². The first-order valence-corrected chi connectivity index (χ1v) is 9.35. The number of carbonyl (C=O) groups is 2. The highest BCUT2D eigenvalue weighted by molar-refractivity contribution is 7.93. The van der Waals surface area contributed by atoms with Gasteiger partial charge in [-0.3, -0.25) is 9.59 Å². The summed E-state index contributed by atoms with van der Waals surface area (Å²) in [4.78, 5) is 24.6. The molecule has 1 heterocycles. The third-order valence-electron chi connectivity index (χ3n) is 4.37. The molecule has 25 heavy (non-hydrogen) atoms. The predicted octanol–water partition coefficient (Wildman–Crippen LogP) is 2.43. The average molecular weight is 358 g/mol. The lowest BCUT2D eigenvalue weighted by Gasteiger charge is -2.24. The molecule has 3 rings (SSSR count). The number of benzene rings is 2. The maximum Gasteiger partial charge on any atom is 0.243 e. The number of aryl methyl sites for hydroxylation is 1. The molecular formula is C18H18N2O4S. The standard InChI is InChI=1S/C18H18N2O4S/c1-11-6-5-8-13(12(11)2)19-17(21)10-16-18(22)20-14-7-3-4-9-15(14)25(16,23)24/h3-9,16H,10H2,1-2H3,(H,19,21)(H,20,22). The van der Waals surface area contributed by atoms with Crippen LogP contribution in [0.3, 0.4) is 0 Å². The number of sulfone groups is 1. The normalized spacial score (nSPS) is 18.2. The van der Waals surface area contributed by atoms with Gasteiger partial charge in [-0.05, 0) is 43.2 Å². The highest BCUT2D eigenvalue weighted by Crippen LogP contribution is 2.31. The largest absolute Gasteiger partial charge is 0.326 e. The molecule has 0 fully saturated rings. The van der Waals surface area contributed by atoms with E-state index in [1.807, 2.05) is 19.9 Å². The molecule has 6 nitrogen and oxygen atoms in total. The fourth-order valence-corrected chi connectivity index (χ4v) is 4.50. The van der Waals surface area contributed by atoms with Crippen molar-refractivity contribution in [1.82, 2.24) is 0 Å². The van der Waals surface area contributed by atoms with Crippen LogP contribution in [-0.2, 0) is 19.4 Å². The second-order valence-corrected chi connectivity index (χ2v) is 8.12. The Balaban J connectivity index is 1.84. The topological polar surface area (TPSA) is 92.3 Å². The monoisotopic (exact) mass is 358 g/mol. The van der Waals surface area contributed by atoms with Crippen molar-refractivity contribution in [2.45, 2.75) is 30.4 Å². The second kappa shape index (κ2) is 6.33. The Kier molecular flexibility index (Phi) is 4.34. The summed E-state index contributed by atoms with van der Waals surface area (Å²) >= 11 is 0. The third kappa shape index (κ3) is 3.15. The lowest BCUT2D eigenvalue weighted by Crippen LogP contribution is -2.42. The molecule has 0 saturated carbocycles. The molecule has 2 aromatic rings. The van der Waals surface area contributed by atoms with Crippen LogP contribution < -0.4 is 10.6 Å². The van der Waals surface area contributed by atoms with Gasteiger partial charge in [0.2, 0.25) is 11.8 Å². The molecule has 0 radical (unpaired) electrons. The van der Waals surface area contributed by atoms with Crippen LogP contribution >= 0.6 is 0 Å². The van der Waals surface area contributed by atoms with E-state index in [0.717, 1.165) is 11.1 Å². The van der Waals surface area contributed by atoms with Gasteiger partial charge in [0.05, 0.1) is 17.0 Å². The summed E-state index contributed by atoms with van der Waals surface area (Å²) in [5.41, 5.74) is 2.77. The van der Waals surface area contributed by atoms with E-state index in [-0.39, 0.29) is 10.6 Å². The fraction of sp³-hybridized carbons (Fsp3) is 0.222. The number of para-hydroxylation sites is 1. The smallest absolute Gasteiger partial charge is 0.243 e. The van der Waals surface area contributed by atoms with Crippen molar-refractivity contribution in [2.75, 3.05) is 10.6 Å². The van der Waals surface area contributed by atoms with Gasteiger partial charge < -0.3 is 10.6 Å². The van der Waals surface area contributed by atoms with Gasteiger partial charge in [-0.15, -0.1) is 0 Å². The van der Waals surface area contributed by atoms with Gasteiger partial charge in [-0.25, -0.2) is 8.42 Å². The Morgan fingerprint density at radius 3 is 2.60 bits per heavy atom. The Bertz CT molecular complexity index is 967. The quantitative estimate of drug-likeness (QED) is 0.881. The fourth-order valence-electron chi connectivity index (χ4n) is 2.78. The number of hydrogen-bond donors (Lipinski definition) is 2. The summed E-state index contributed by atoms with van der Waals surface area (Å²) in [6.45, 7) is 3.78. The molecule has 2 N–H and O–H groups in total. The number of carbonyl (C=O) groups excluding carboxylic acids is 2. The molecule has 0 bridgehead atoms. The van der Waals surface area contributed by atoms with E-state index in [0.29, 0.717) is 5.69 Å². The van der Waals surface area contributed by atoms with Crippen LogP contribution in [0.1, 0.15) is 17.5 Å². The van der Waals surface area contributed by atoms with Gasteiger partial charge in [-0.1, -0.05) is 24.3 Å². The summed E-state index contributed by atoms with van der Waals surface area (Å²) in [7, 11) is -3.91. The number of rotatable bonds is 3. The summed E-state index contributed by atoms with van der Waals surface area (Å²) in [6.07, 6.45) is -0.435. The van der Waals surface area contributed by atoms with Crippen LogP contribution in [0.4, 0.5) is 11.4 Å². The van der Waals surface area contributed by atoms with Crippen molar-refractivity contribution in [3.63, 3.8) is 0 Å². The number of amides is 2. The molecule has 0 aromatic heterocycles. The minimum Gasteiger partial charge on any atom is -0.326 e. The number of anilines is 2. The Hall–Kier alpha value is -2.67. The van der Waals surface area contributed by atoms with Crippen molar-refractivity contribution in [1.29, 1.82) is 0 Å². The zero-order chi connectivity index (χ0) is 18.2. The Labute approximate surface area is 146 Å². The van der Waals surface area contributed by atoms with E-state index >= 15 is 0 Å². The summed E-state index contributed by atoms with van der Waals surface area (Å²) in [6, 6.07) is 11.6. The lowest BCUT2D eigenvalue weighted by molar-refractivity contribution is -0.121. The van der Waals surface area contributed by atoms with E-state index in [1.165, 1.54) is 12.1 Å². The molecule has 0 saturated heterocycles. The van der Waals surface area contributed by atoms with Crippen LogP contribution in [0.15, 0.2) is 47.4 Å². The Morgan fingerprint density at radius 2 is 1.84 bits per heavy atom. The molecular weight excluding hydrogens is 340 g/mol. The van der Waals surface area contributed by atoms with Gasteiger partial charge in [0, 0.05) is 5.69 Å². The molecule has 130 valence electrons. The average Bonchev–Trinajstić information content (AvgIpc) is 2.56. The van der Waals surface area contributed by atoms with Crippen molar-refractivity contribution >= 4 is 33.0 Å². The van der Waals surface area contributed by atoms with Crippen molar-refractivity contribution in [3.05, 3.63) is 53.6 Å². The molecule has 2 amide bonds. The molecule has 0 aliphatic carbocycles. The maximum atomic E-state index is 12.7. The van der Waals surface area contributed by atoms with Crippen LogP contribution in [0.2, 0.25) is 0 Å². The first-order valence-electron chi connectivity index (χ1n) is 7.80. The van der Waals surface area contributed by atoms with Crippen LogP contribution in [0.25, 0.3) is 0 Å². The second-order valence-electron chi connectivity index (χ2n) is 6.02. The zero-order valence-electron chi connectivity index (χ0n) is 13.9. The van der Waals surface area contributed by atoms with Crippen LogP contribution in [0, 0.1) is 13.8 Å². The van der Waals surface area contributed by atoms with Gasteiger partial charge in [0.15, 0.2) is 15.1 Å². The third-order valence-corrected chi connectivity index (χ3v) is 6.47. The van der Waals surface area contributed by atoms with Gasteiger partial charge in [0.25, 0.3) is 0 Å². The first kappa shape index (κ1) is 17.2. The predicted molar refractivity (Wildman–Crippen MR) is 95.2 cm³/mol. The highest BCUT2D eigenvalue weighted by atomic mass is 32.2. The van der Waals surface area contributed by atoms with Crippen LogP contribution in [0.5, 0.6) is 0 Å². The van der Waals surface area contributed by atoms with Gasteiger partial charge in [0.1, 0.15) is 0 Å². The maximum absolute atomic E-state index is 12.7. The number of nitrogens with one attached hydrogen (secondary N) is 2.